The van der Waals surface area contributed by atoms with Gasteiger partial charge in [0, 0.05) is 18.2 Å². The molecule has 0 amide bonds. The van der Waals surface area contributed by atoms with Crippen LogP contribution in [0.15, 0.2) is 18.2 Å². The monoisotopic (exact) mass is 294 g/mol. The smallest absolute Gasteiger partial charge is 0.145 e. The van der Waals surface area contributed by atoms with E-state index < -0.39 is 0 Å². The lowest BCUT2D eigenvalue weighted by atomic mass is 10.0. The predicted octanol–water partition coefficient (Wildman–Crippen LogP) is 3.95. The number of nitrogens with one attached hydrogen (secondary N) is 2. The van der Waals surface area contributed by atoms with Gasteiger partial charge in [-0.3, -0.25) is 0 Å². The van der Waals surface area contributed by atoms with Gasteiger partial charge in [-0.15, -0.1) is 0 Å². The number of ether oxygens (including phenoxy) is 1. The standard InChI is InChI=1S/C17H27FN2O/c1-3-21-17-12-14(18)8-9-16(17)20-13(2)11-15-7-5-4-6-10-19-15/h8-9,12-13,15,19-20H,3-7,10-11H2,1-2H3. The Morgan fingerprint density at radius 2 is 2.24 bits per heavy atom. The Hall–Kier alpha value is -1.29. The van der Waals surface area contributed by atoms with Crippen molar-refractivity contribution in [2.45, 2.75) is 58.0 Å². The SMILES string of the molecule is CCOc1cc(F)ccc1NC(C)CC1CCCCCN1. The fourth-order valence-electron chi connectivity index (χ4n) is 2.94. The maximum Gasteiger partial charge on any atom is 0.145 e. The molecule has 0 aromatic heterocycles. The van der Waals surface area contributed by atoms with Crippen LogP contribution in [-0.2, 0) is 0 Å². The van der Waals surface area contributed by atoms with E-state index in [-0.39, 0.29) is 5.82 Å². The summed E-state index contributed by atoms with van der Waals surface area (Å²) in [5.74, 6) is 0.334. The summed E-state index contributed by atoms with van der Waals surface area (Å²) in [6, 6.07) is 5.58. The largest absolute Gasteiger partial charge is 0.492 e. The van der Waals surface area contributed by atoms with E-state index in [0.29, 0.717) is 24.4 Å². The third-order valence-corrected chi connectivity index (χ3v) is 3.95. The third-order valence-electron chi connectivity index (χ3n) is 3.95. The van der Waals surface area contributed by atoms with E-state index >= 15 is 0 Å². The summed E-state index contributed by atoms with van der Waals surface area (Å²) in [5, 5.41) is 7.07. The van der Waals surface area contributed by atoms with Crippen LogP contribution < -0.4 is 15.4 Å². The Labute approximate surface area is 127 Å². The van der Waals surface area contributed by atoms with Gasteiger partial charge < -0.3 is 15.4 Å². The predicted molar refractivity (Wildman–Crippen MR) is 85.5 cm³/mol. The van der Waals surface area contributed by atoms with Gasteiger partial charge in [0.2, 0.25) is 0 Å². The van der Waals surface area contributed by atoms with Crippen LogP contribution in [0.2, 0.25) is 0 Å². The van der Waals surface area contributed by atoms with Crippen molar-refractivity contribution >= 4 is 5.69 Å². The molecule has 0 aliphatic carbocycles. The van der Waals surface area contributed by atoms with Crippen LogP contribution in [0.4, 0.5) is 10.1 Å². The van der Waals surface area contributed by atoms with Gasteiger partial charge >= 0.3 is 0 Å². The van der Waals surface area contributed by atoms with E-state index in [1.54, 1.807) is 6.07 Å². The Morgan fingerprint density at radius 1 is 1.38 bits per heavy atom. The highest BCUT2D eigenvalue weighted by Gasteiger charge is 2.16. The average molecular weight is 294 g/mol. The molecule has 1 fully saturated rings. The van der Waals surface area contributed by atoms with Crippen molar-refractivity contribution in [3.63, 3.8) is 0 Å². The fraction of sp³-hybridized carbons (Fsp3) is 0.647. The van der Waals surface area contributed by atoms with Crippen molar-refractivity contribution in [1.82, 2.24) is 5.32 Å². The molecule has 0 spiro atoms. The van der Waals surface area contributed by atoms with Crippen LogP contribution in [0.1, 0.15) is 46.0 Å². The van der Waals surface area contributed by atoms with Gasteiger partial charge in [0.25, 0.3) is 0 Å². The third kappa shape index (κ3) is 5.20. The van der Waals surface area contributed by atoms with Crippen molar-refractivity contribution < 1.29 is 9.13 Å². The summed E-state index contributed by atoms with van der Waals surface area (Å²) in [6.07, 6.45) is 6.24. The lowest BCUT2D eigenvalue weighted by Crippen LogP contribution is -2.33. The van der Waals surface area contributed by atoms with E-state index in [0.717, 1.165) is 18.7 Å². The van der Waals surface area contributed by atoms with E-state index in [2.05, 4.69) is 17.6 Å². The zero-order valence-corrected chi connectivity index (χ0v) is 13.1. The summed E-state index contributed by atoms with van der Waals surface area (Å²) in [4.78, 5) is 0. The van der Waals surface area contributed by atoms with Gasteiger partial charge in [0.05, 0.1) is 12.3 Å². The molecule has 2 unspecified atom stereocenters. The molecule has 3 nitrogen and oxygen atoms in total. The van der Waals surface area contributed by atoms with E-state index in [4.69, 9.17) is 4.74 Å². The van der Waals surface area contributed by atoms with Crippen LogP contribution in [-0.4, -0.2) is 25.2 Å². The molecule has 1 aromatic rings. The number of anilines is 1. The van der Waals surface area contributed by atoms with Crippen molar-refractivity contribution in [1.29, 1.82) is 0 Å². The van der Waals surface area contributed by atoms with Gasteiger partial charge in [-0.05, 0) is 51.8 Å². The molecule has 1 heterocycles. The van der Waals surface area contributed by atoms with Gasteiger partial charge in [0.1, 0.15) is 11.6 Å². The molecule has 1 aromatic carbocycles. The maximum atomic E-state index is 13.3. The fourth-order valence-corrected chi connectivity index (χ4v) is 2.94. The molecule has 0 radical (unpaired) electrons. The van der Waals surface area contributed by atoms with Gasteiger partial charge in [-0.2, -0.15) is 0 Å². The molecule has 0 bridgehead atoms. The minimum atomic E-state index is -0.262. The summed E-state index contributed by atoms with van der Waals surface area (Å²) in [5.41, 5.74) is 0.874. The molecule has 1 aliphatic rings. The van der Waals surface area contributed by atoms with Crippen molar-refractivity contribution in [2.24, 2.45) is 0 Å². The van der Waals surface area contributed by atoms with Gasteiger partial charge in [0.15, 0.2) is 0 Å². The number of hydrogen-bond donors (Lipinski definition) is 2. The Balaban J connectivity index is 1.93. The molecular weight excluding hydrogens is 267 g/mol. The molecule has 2 N–H and O–H groups in total. The maximum absolute atomic E-state index is 13.3. The summed E-state index contributed by atoms with van der Waals surface area (Å²) < 4.78 is 18.8. The number of rotatable bonds is 6. The Kier molecular flexibility index (Phi) is 6.30. The lowest BCUT2D eigenvalue weighted by molar-refractivity contribution is 0.339. The lowest BCUT2D eigenvalue weighted by Gasteiger charge is -2.23. The highest BCUT2D eigenvalue weighted by atomic mass is 19.1. The first-order valence-electron chi connectivity index (χ1n) is 8.11. The highest BCUT2D eigenvalue weighted by molar-refractivity contribution is 5.57. The Morgan fingerprint density at radius 3 is 3.05 bits per heavy atom. The molecule has 21 heavy (non-hydrogen) atoms. The first-order valence-corrected chi connectivity index (χ1v) is 8.11. The van der Waals surface area contributed by atoms with Crippen molar-refractivity contribution in [2.75, 3.05) is 18.5 Å². The van der Waals surface area contributed by atoms with Crippen molar-refractivity contribution in [3.05, 3.63) is 24.0 Å². The van der Waals surface area contributed by atoms with Crippen LogP contribution in [0.25, 0.3) is 0 Å². The first kappa shape index (κ1) is 16.1. The summed E-state index contributed by atoms with van der Waals surface area (Å²) in [6.45, 7) is 5.74. The van der Waals surface area contributed by atoms with Crippen LogP contribution in [0.5, 0.6) is 5.75 Å². The van der Waals surface area contributed by atoms with E-state index in [1.165, 1.54) is 37.8 Å². The van der Waals surface area contributed by atoms with Gasteiger partial charge in [-0.25, -0.2) is 4.39 Å². The summed E-state index contributed by atoms with van der Waals surface area (Å²) >= 11 is 0. The first-order chi connectivity index (χ1) is 10.2. The molecular formula is C17H27FN2O. The minimum Gasteiger partial charge on any atom is -0.492 e. The van der Waals surface area contributed by atoms with E-state index in [9.17, 15) is 4.39 Å². The van der Waals surface area contributed by atoms with Crippen molar-refractivity contribution in [3.8, 4) is 5.75 Å². The second-order valence-electron chi connectivity index (χ2n) is 5.85. The average Bonchev–Trinajstić information content (AvgIpc) is 2.71. The zero-order valence-electron chi connectivity index (χ0n) is 13.1. The second kappa shape index (κ2) is 8.23. The van der Waals surface area contributed by atoms with Gasteiger partial charge in [-0.1, -0.05) is 12.8 Å². The number of benzene rings is 1. The molecule has 4 heteroatoms. The number of hydrogen-bond acceptors (Lipinski definition) is 3. The molecule has 1 aliphatic heterocycles. The quantitative estimate of drug-likeness (QED) is 0.833. The summed E-state index contributed by atoms with van der Waals surface area (Å²) in [7, 11) is 0. The molecule has 0 saturated carbocycles. The van der Waals surface area contributed by atoms with Crippen LogP contribution in [0, 0.1) is 5.82 Å². The Bertz CT molecular complexity index is 431. The molecule has 1 saturated heterocycles. The van der Waals surface area contributed by atoms with E-state index in [1.807, 2.05) is 6.92 Å². The molecule has 2 atom stereocenters. The van der Waals surface area contributed by atoms with Crippen LogP contribution >= 0.6 is 0 Å². The zero-order chi connectivity index (χ0) is 15.1. The normalized spacial score (nSPS) is 20.6. The highest BCUT2D eigenvalue weighted by Crippen LogP contribution is 2.27. The van der Waals surface area contributed by atoms with Crippen LogP contribution in [0.3, 0.4) is 0 Å². The number of halogens is 1. The molecule has 2 rings (SSSR count). The minimum absolute atomic E-state index is 0.262. The molecule has 118 valence electrons. The topological polar surface area (TPSA) is 33.3 Å². The second-order valence-corrected chi connectivity index (χ2v) is 5.85.